The van der Waals surface area contributed by atoms with Crippen LogP contribution in [0.15, 0.2) is 23.0 Å². The van der Waals surface area contributed by atoms with E-state index in [4.69, 9.17) is 21.4 Å². The van der Waals surface area contributed by atoms with E-state index in [1.54, 1.807) is 24.1 Å². The highest BCUT2D eigenvalue weighted by Gasteiger charge is 2.18. The molecule has 10 heteroatoms. The molecule has 2 heterocycles. The maximum Gasteiger partial charge on any atom is 0.278 e. The Morgan fingerprint density at radius 3 is 2.89 bits per heavy atom. The van der Waals surface area contributed by atoms with E-state index >= 15 is 0 Å². The lowest BCUT2D eigenvalue weighted by Gasteiger charge is -2.18. The largest absolute Gasteiger partial charge is 0.394 e. The van der Waals surface area contributed by atoms with E-state index in [0.717, 1.165) is 11.3 Å². The van der Waals surface area contributed by atoms with Crippen molar-refractivity contribution < 1.29 is 14.2 Å². The molecule has 0 saturated carbocycles. The van der Waals surface area contributed by atoms with Gasteiger partial charge in [0, 0.05) is 17.8 Å². The molecule has 1 aromatic carbocycles. The molecule has 0 fully saturated rings. The van der Waals surface area contributed by atoms with E-state index in [0.29, 0.717) is 5.02 Å². The number of anilines is 2. The second-order valence-electron chi connectivity index (χ2n) is 5.93. The molecule has 0 bridgehead atoms. The molecule has 0 saturated heterocycles. The van der Waals surface area contributed by atoms with E-state index in [2.05, 4.69) is 15.1 Å². The van der Waals surface area contributed by atoms with Gasteiger partial charge in [0.05, 0.1) is 26.4 Å². The molecule has 3 rings (SSSR count). The Balaban J connectivity index is 1.95. The van der Waals surface area contributed by atoms with Gasteiger partial charge in [-0.05, 0) is 30.7 Å². The molecule has 8 nitrogen and oxygen atoms in total. The zero-order valence-corrected chi connectivity index (χ0v) is 15.6. The van der Waals surface area contributed by atoms with E-state index in [-0.39, 0.29) is 43.3 Å². The number of ether oxygens (including phenoxy) is 1. The van der Waals surface area contributed by atoms with Crippen LogP contribution in [-0.2, 0) is 11.3 Å². The van der Waals surface area contributed by atoms with Crippen LogP contribution in [0.5, 0.6) is 0 Å². The molecule has 144 valence electrons. The second-order valence-corrected chi connectivity index (χ2v) is 6.34. The fraction of sp³-hybridized carbons (Fsp3) is 0.353. The Labute approximate surface area is 159 Å². The molecule has 2 aromatic heterocycles. The Morgan fingerprint density at radius 2 is 2.19 bits per heavy atom. The monoisotopic (exact) mass is 395 g/mol. The molecule has 3 aromatic rings. The van der Waals surface area contributed by atoms with Gasteiger partial charge in [-0.25, -0.2) is 4.98 Å². The molecule has 2 N–H and O–H groups in total. The van der Waals surface area contributed by atoms with E-state index in [1.165, 1.54) is 4.68 Å². The zero-order chi connectivity index (χ0) is 19.6. The van der Waals surface area contributed by atoms with E-state index in [1.807, 2.05) is 13.0 Å². The summed E-state index contributed by atoms with van der Waals surface area (Å²) in [7, 11) is 1.71. The van der Waals surface area contributed by atoms with Gasteiger partial charge in [-0.1, -0.05) is 11.6 Å². The molecular formula is C17H19ClFN5O3. The number of hydrogen-bond acceptors (Lipinski definition) is 6. The first-order valence-electron chi connectivity index (χ1n) is 8.27. The maximum absolute atomic E-state index is 14.3. The number of aromatic amines is 1. The number of hydrogen-bond donors (Lipinski definition) is 2. The number of H-pyrrole nitrogens is 1. The predicted molar refractivity (Wildman–Crippen MR) is 100 cm³/mol. The van der Waals surface area contributed by atoms with Crippen molar-refractivity contribution in [2.75, 3.05) is 31.8 Å². The number of benzene rings is 1. The minimum absolute atomic E-state index is 0.0320. The van der Waals surface area contributed by atoms with Crippen LogP contribution in [0.1, 0.15) is 5.56 Å². The number of aryl methyl sites for hydroxylation is 1. The normalized spacial score (nSPS) is 11.3. The summed E-state index contributed by atoms with van der Waals surface area (Å²) in [6.07, 6.45) is 0. The lowest BCUT2D eigenvalue weighted by molar-refractivity contribution is 0.0857. The maximum atomic E-state index is 14.3. The number of nitrogens with one attached hydrogen (secondary N) is 1. The van der Waals surface area contributed by atoms with Crippen LogP contribution in [0, 0.1) is 12.9 Å². The summed E-state index contributed by atoms with van der Waals surface area (Å²) in [6, 6.07) is 5.35. The molecule has 0 radical (unpaired) electrons. The lowest BCUT2D eigenvalue weighted by atomic mass is 10.2. The minimum atomic E-state index is -0.833. The molecule has 0 amide bonds. The van der Waals surface area contributed by atoms with Gasteiger partial charge in [0.1, 0.15) is 0 Å². The number of rotatable bonds is 7. The molecule has 0 aliphatic heterocycles. The quantitative estimate of drug-likeness (QED) is 0.594. The Hall–Kier alpha value is -2.49. The molecular weight excluding hydrogens is 377 g/mol. The van der Waals surface area contributed by atoms with Crippen molar-refractivity contribution in [2.45, 2.75) is 13.5 Å². The highest BCUT2D eigenvalue weighted by Crippen LogP contribution is 2.25. The van der Waals surface area contributed by atoms with Crippen molar-refractivity contribution in [3.8, 4) is 0 Å². The van der Waals surface area contributed by atoms with Gasteiger partial charge in [-0.15, -0.1) is 5.10 Å². The van der Waals surface area contributed by atoms with Gasteiger partial charge in [0.2, 0.25) is 5.95 Å². The Bertz CT molecular complexity index is 1020. The lowest BCUT2D eigenvalue weighted by Crippen LogP contribution is -2.21. The average Bonchev–Trinajstić information content (AvgIpc) is 2.97. The number of aromatic nitrogens is 4. The zero-order valence-electron chi connectivity index (χ0n) is 14.9. The van der Waals surface area contributed by atoms with Crippen LogP contribution < -0.4 is 10.5 Å². The molecule has 0 unspecified atom stereocenters. The van der Waals surface area contributed by atoms with Crippen LogP contribution in [0.4, 0.5) is 16.0 Å². The van der Waals surface area contributed by atoms with Gasteiger partial charge in [-0.2, -0.15) is 4.39 Å². The second kappa shape index (κ2) is 8.03. The number of aliphatic hydroxyl groups excluding tert-OH is 1. The van der Waals surface area contributed by atoms with Crippen LogP contribution in [0.3, 0.4) is 0 Å². The standard InChI is InChI=1S/C17H19ClFN5O3/c1-10-9-11(3-4-12(10)18)23(2)17-20-13-14(16(26)21-17)24(22-15(13)19)5-7-27-8-6-25/h3-4,9,25H,5-8H2,1-2H3,(H,20,21,26). The van der Waals surface area contributed by atoms with Crippen LogP contribution >= 0.6 is 11.6 Å². The summed E-state index contributed by atoms with van der Waals surface area (Å²) in [5.74, 6) is -0.649. The first kappa shape index (κ1) is 19.3. The summed E-state index contributed by atoms with van der Waals surface area (Å²) in [6.45, 7) is 2.25. The molecule has 0 aliphatic carbocycles. The van der Waals surface area contributed by atoms with Crippen molar-refractivity contribution in [1.82, 2.24) is 19.7 Å². The summed E-state index contributed by atoms with van der Waals surface area (Å²) in [4.78, 5) is 21.0. The van der Waals surface area contributed by atoms with Crippen LogP contribution in [-0.4, -0.2) is 51.7 Å². The molecule has 0 atom stereocenters. The number of fused-ring (bicyclic) bond motifs is 1. The molecule has 0 aliphatic rings. The first-order valence-corrected chi connectivity index (χ1v) is 8.65. The molecule has 27 heavy (non-hydrogen) atoms. The van der Waals surface area contributed by atoms with Gasteiger partial charge in [0.15, 0.2) is 11.0 Å². The summed E-state index contributed by atoms with van der Waals surface area (Å²) < 4.78 is 20.6. The fourth-order valence-corrected chi connectivity index (χ4v) is 2.76. The van der Waals surface area contributed by atoms with E-state index < -0.39 is 11.5 Å². The topological polar surface area (TPSA) is 96.3 Å². The van der Waals surface area contributed by atoms with Crippen LogP contribution in [0.25, 0.3) is 11.0 Å². The highest BCUT2D eigenvalue weighted by molar-refractivity contribution is 6.31. The SMILES string of the molecule is Cc1cc(N(C)c2nc3c(F)nn(CCOCCO)c3c(=O)[nH]2)ccc1Cl. The van der Waals surface area contributed by atoms with E-state index in [9.17, 15) is 9.18 Å². The van der Waals surface area contributed by atoms with Gasteiger partial charge in [-0.3, -0.25) is 14.5 Å². The number of nitrogens with zero attached hydrogens (tertiary/aromatic N) is 4. The van der Waals surface area contributed by atoms with Crippen molar-refractivity contribution in [3.05, 3.63) is 45.1 Å². The van der Waals surface area contributed by atoms with Gasteiger partial charge >= 0.3 is 0 Å². The third-order valence-corrected chi connectivity index (χ3v) is 4.50. The van der Waals surface area contributed by atoms with Crippen molar-refractivity contribution >= 4 is 34.3 Å². The Kier molecular flexibility index (Phi) is 5.73. The number of aliphatic hydroxyl groups is 1. The third kappa shape index (κ3) is 3.95. The van der Waals surface area contributed by atoms with Crippen molar-refractivity contribution in [1.29, 1.82) is 0 Å². The van der Waals surface area contributed by atoms with Gasteiger partial charge < -0.3 is 14.7 Å². The predicted octanol–water partition coefficient (Wildman–Crippen LogP) is 2.00. The summed E-state index contributed by atoms with van der Waals surface area (Å²) >= 11 is 6.04. The van der Waals surface area contributed by atoms with Gasteiger partial charge in [0.25, 0.3) is 11.5 Å². The number of halogens is 2. The fourth-order valence-electron chi connectivity index (χ4n) is 2.64. The average molecular weight is 396 g/mol. The van der Waals surface area contributed by atoms with Crippen molar-refractivity contribution in [3.63, 3.8) is 0 Å². The first-order chi connectivity index (χ1) is 12.9. The van der Waals surface area contributed by atoms with Crippen LogP contribution in [0.2, 0.25) is 5.02 Å². The van der Waals surface area contributed by atoms with Crippen molar-refractivity contribution in [2.24, 2.45) is 0 Å². The summed E-state index contributed by atoms with van der Waals surface area (Å²) in [5, 5.41) is 13.1. The minimum Gasteiger partial charge on any atom is -0.394 e. The third-order valence-electron chi connectivity index (χ3n) is 4.07. The highest BCUT2D eigenvalue weighted by atomic mass is 35.5. The summed E-state index contributed by atoms with van der Waals surface area (Å²) in [5.41, 5.74) is 1.01. The smallest absolute Gasteiger partial charge is 0.278 e. The Morgan fingerprint density at radius 1 is 1.41 bits per heavy atom. The molecule has 0 spiro atoms.